The molecule has 2 aliphatic heterocycles. The second kappa shape index (κ2) is 6.33. The van der Waals surface area contributed by atoms with Gasteiger partial charge in [0.05, 0.1) is 26.4 Å². The average molecular weight is 347 g/mol. The Labute approximate surface area is 139 Å². The molecule has 2 saturated heterocycles. The fourth-order valence-corrected chi connectivity index (χ4v) is 3.86. The third-order valence-corrected chi connectivity index (χ3v) is 5.19. The van der Waals surface area contributed by atoms with E-state index in [1.807, 2.05) is 0 Å². The van der Waals surface area contributed by atoms with Gasteiger partial charge in [0, 0.05) is 36.8 Å². The van der Waals surface area contributed by atoms with E-state index in [2.05, 4.69) is 4.90 Å². The number of hydrogen-bond donors (Lipinski definition) is 2. The summed E-state index contributed by atoms with van der Waals surface area (Å²) in [6, 6.07) is -1.15. The van der Waals surface area contributed by atoms with Crippen molar-refractivity contribution < 1.29 is 22.6 Å². The fourth-order valence-electron chi connectivity index (χ4n) is 3.86. The molecule has 0 aromatic rings. The molecule has 0 saturated carbocycles. The van der Waals surface area contributed by atoms with Crippen molar-refractivity contribution >= 4 is 0 Å². The van der Waals surface area contributed by atoms with Gasteiger partial charge in [0.15, 0.2) is 0 Å². The first-order valence-corrected chi connectivity index (χ1v) is 8.13. The highest BCUT2D eigenvalue weighted by Gasteiger charge is 2.61. The average Bonchev–Trinajstić information content (AvgIpc) is 2.48. The summed E-state index contributed by atoms with van der Waals surface area (Å²) in [5.74, 6) is 0. The van der Waals surface area contributed by atoms with Gasteiger partial charge in [-0.3, -0.25) is 4.90 Å². The van der Waals surface area contributed by atoms with Crippen LogP contribution in [-0.4, -0.2) is 63.2 Å². The lowest BCUT2D eigenvalue weighted by Gasteiger charge is -2.51. The quantitative estimate of drug-likeness (QED) is 0.794. The van der Waals surface area contributed by atoms with Crippen LogP contribution < -0.4 is 11.5 Å². The number of ether oxygens (including phenoxy) is 2. The molecule has 0 aromatic carbocycles. The lowest BCUT2D eigenvalue weighted by atomic mass is 9.64. The number of nitrogens with zero attached hydrogens (tertiary/aromatic N) is 1. The van der Waals surface area contributed by atoms with Gasteiger partial charge in [-0.2, -0.15) is 13.2 Å². The van der Waals surface area contributed by atoms with Crippen LogP contribution in [0.3, 0.4) is 0 Å². The summed E-state index contributed by atoms with van der Waals surface area (Å²) in [6.45, 7) is 3.85. The second-order valence-corrected chi connectivity index (χ2v) is 7.13. The molecular weight excluding hydrogens is 323 g/mol. The number of halogens is 3. The standard InChI is InChI=1S/C16H24F3N3O2/c17-16(18,19)15(7-12(20)1-2-13(15)21)8-14(10-24-11-14)9-22-3-5-23-6-4-22/h1-2,7,13H,3-6,8-11,20-21H2. The summed E-state index contributed by atoms with van der Waals surface area (Å²) in [7, 11) is 0. The summed E-state index contributed by atoms with van der Waals surface area (Å²) in [6.07, 6.45) is -0.704. The molecule has 3 rings (SSSR count). The molecule has 3 aliphatic rings. The van der Waals surface area contributed by atoms with Crippen LogP contribution in [0.1, 0.15) is 6.42 Å². The third kappa shape index (κ3) is 3.20. The number of hydrogen-bond acceptors (Lipinski definition) is 5. The van der Waals surface area contributed by atoms with Crippen molar-refractivity contribution in [2.24, 2.45) is 22.3 Å². The minimum atomic E-state index is -4.48. The molecule has 2 unspecified atom stereocenters. The largest absolute Gasteiger partial charge is 0.399 e. The van der Waals surface area contributed by atoms with Crippen LogP contribution >= 0.6 is 0 Å². The topological polar surface area (TPSA) is 73.7 Å². The van der Waals surface area contributed by atoms with Crippen LogP contribution in [-0.2, 0) is 9.47 Å². The molecule has 4 N–H and O–H groups in total. The Morgan fingerprint density at radius 2 is 1.88 bits per heavy atom. The molecule has 2 heterocycles. The molecule has 1 aliphatic carbocycles. The Morgan fingerprint density at radius 3 is 2.42 bits per heavy atom. The predicted molar refractivity (Wildman–Crippen MR) is 83.0 cm³/mol. The van der Waals surface area contributed by atoms with Crippen molar-refractivity contribution in [1.82, 2.24) is 4.90 Å². The van der Waals surface area contributed by atoms with E-state index in [9.17, 15) is 13.2 Å². The molecule has 2 atom stereocenters. The summed E-state index contributed by atoms with van der Waals surface area (Å²) in [5.41, 5.74) is 8.99. The maximum absolute atomic E-state index is 14.0. The van der Waals surface area contributed by atoms with E-state index < -0.39 is 23.0 Å². The van der Waals surface area contributed by atoms with Gasteiger partial charge in [-0.1, -0.05) is 6.08 Å². The monoisotopic (exact) mass is 347 g/mol. The van der Waals surface area contributed by atoms with Gasteiger partial charge in [-0.05, 0) is 18.6 Å². The van der Waals surface area contributed by atoms with Gasteiger partial charge in [0.25, 0.3) is 0 Å². The first-order valence-electron chi connectivity index (χ1n) is 8.13. The Morgan fingerprint density at radius 1 is 1.21 bits per heavy atom. The van der Waals surface area contributed by atoms with Gasteiger partial charge >= 0.3 is 6.18 Å². The smallest absolute Gasteiger partial charge is 0.399 e. The Kier molecular flexibility index (Phi) is 4.67. The molecule has 0 aromatic heterocycles. The minimum Gasteiger partial charge on any atom is -0.399 e. The summed E-state index contributed by atoms with van der Waals surface area (Å²) < 4.78 is 52.6. The predicted octanol–water partition coefficient (Wildman–Crippen LogP) is 1.01. The first kappa shape index (κ1) is 17.7. The van der Waals surface area contributed by atoms with Crippen LogP contribution in [0, 0.1) is 10.8 Å². The molecular formula is C16H24F3N3O2. The molecule has 0 amide bonds. The van der Waals surface area contributed by atoms with Gasteiger partial charge < -0.3 is 20.9 Å². The highest BCUT2D eigenvalue weighted by atomic mass is 19.4. The second-order valence-electron chi connectivity index (χ2n) is 7.13. The van der Waals surface area contributed by atoms with Crippen molar-refractivity contribution in [2.75, 3.05) is 46.1 Å². The third-order valence-electron chi connectivity index (χ3n) is 5.19. The molecule has 5 nitrogen and oxygen atoms in total. The van der Waals surface area contributed by atoms with Crippen molar-refractivity contribution in [1.29, 1.82) is 0 Å². The van der Waals surface area contributed by atoms with Crippen LogP contribution in [0.4, 0.5) is 13.2 Å². The van der Waals surface area contributed by atoms with E-state index >= 15 is 0 Å². The molecule has 8 heteroatoms. The number of rotatable bonds is 4. The maximum atomic E-state index is 14.0. The highest BCUT2D eigenvalue weighted by molar-refractivity contribution is 5.31. The van der Waals surface area contributed by atoms with E-state index in [-0.39, 0.29) is 12.1 Å². The highest BCUT2D eigenvalue weighted by Crippen LogP contribution is 2.53. The maximum Gasteiger partial charge on any atom is 0.399 e. The van der Waals surface area contributed by atoms with Crippen LogP contribution in [0.25, 0.3) is 0 Å². The Hall–Kier alpha value is -1.09. The van der Waals surface area contributed by atoms with E-state index in [0.717, 1.165) is 19.2 Å². The molecule has 0 bridgehead atoms. The minimum absolute atomic E-state index is 0.107. The number of alkyl halides is 3. The van der Waals surface area contributed by atoms with Gasteiger partial charge in [-0.25, -0.2) is 0 Å². The zero-order valence-electron chi connectivity index (χ0n) is 13.5. The van der Waals surface area contributed by atoms with Crippen LogP contribution in [0.2, 0.25) is 0 Å². The number of morpholine rings is 1. The zero-order valence-corrected chi connectivity index (χ0v) is 13.5. The molecule has 0 radical (unpaired) electrons. The summed E-state index contributed by atoms with van der Waals surface area (Å²) >= 11 is 0. The fraction of sp³-hybridized carbons (Fsp3) is 0.750. The Balaban J connectivity index is 1.84. The summed E-state index contributed by atoms with van der Waals surface area (Å²) in [4.78, 5) is 2.15. The number of nitrogens with two attached hydrogens (primary N) is 2. The van der Waals surface area contributed by atoms with Crippen molar-refractivity contribution in [3.8, 4) is 0 Å². The lowest BCUT2D eigenvalue weighted by molar-refractivity contribution is -0.240. The zero-order chi connectivity index (χ0) is 17.4. The van der Waals surface area contributed by atoms with Gasteiger partial charge in [0.2, 0.25) is 0 Å². The van der Waals surface area contributed by atoms with E-state index in [1.54, 1.807) is 0 Å². The first-order chi connectivity index (χ1) is 11.3. The van der Waals surface area contributed by atoms with Crippen molar-refractivity contribution in [3.63, 3.8) is 0 Å². The number of allylic oxidation sites excluding steroid dienone is 1. The molecule has 0 spiro atoms. The van der Waals surface area contributed by atoms with Crippen LogP contribution in [0.5, 0.6) is 0 Å². The van der Waals surface area contributed by atoms with Crippen molar-refractivity contribution in [2.45, 2.75) is 18.6 Å². The summed E-state index contributed by atoms with van der Waals surface area (Å²) in [5, 5.41) is 0. The van der Waals surface area contributed by atoms with Crippen LogP contribution in [0.15, 0.2) is 23.9 Å². The lowest BCUT2D eigenvalue weighted by Crippen LogP contribution is -2.60. The SMILES string of the molecule is NC1=CC(CC2(CN3CCOCC3)COC2)(C(F)(F)F)C(N)C=C1. The van der Waals surface area contributed by atoms with E-state index in [0.29, 0.717) is 33.0 Å². The Bertz CT molecular complexity index is 525. The normalized spacial score (nSPS) is 33.8. The van der Waals surface area contributed by atoms with Crippen molar-refractivity contribution in [3.05, 3.63) is 23.9 Å². The molecule has 24 heavy (non-hydrogen) atoms. The van der Waals surface area contributed by atoms with E-state index in [4.69, 9.17) is 20.9 Å². The molecule has 2 fully saturated rings. The van der Waals surface area contributed by atoms with Gasteiger partial charge in [0.1, 0.15) is 5.41 Å². The molecule has 136 valence electrons. The van der Waals surface area contributed by atoms with E-state index in [1.165, 1.54) is 12.2 Å². The van der Waals surface area contributed by atoms with Gasteiger partial charge in [-0.15, -0.1) is 0 Å².